The molecule has 1 aromatic heterocycles. The Hall–Kier alpha value is -0.860. The van der Waals surface area contributed by atoms with Crippen LogP contribution in [0.3, 0.4) is 0 Å². The SMILES string of the molecule is CCCCCc1nc(CC)n[nH]1. The van der Waals surface area contributed by atoms with Crippen LogP contribution in [-0.2, 0) is 12.8 Å². The number of H-pyrrole nitrogens is 1. The van der Waals surface area contributed by atoms with Gasteiger partial charge < -0.3 is 0 Å². The average Bonchev–Trinajstić information content (AvgIpc) is 2.53. The molecule has 0 spiro atoms. The van der Waals surface area contributed by atoms with Crippen molar-refractivity contribution in [2.45, 2.75) is 46.0 Å². The van der Waals surface area contributed by atoms with Gasteiger partial charge in [0, 0.05) is 12.8 Å². The van der Waals surface area contributed by atoms with Crippen molar-refractivity contribution >= 4 is 0 Å². The molecule has 12 heavy (non-hydrogen) atoms. The topological polar surface area (TPSA) is 41.6 Å². The van der Waals surface area contributed by atoms with Crippen LogP contribution >= 0.6 is 0 Å². The predicted molar refractivity (Wildman–Crippen MR) is 49.0 cm³/mol. The summed E-state index contributed by atoms with van der Waals surface area (Å²) in [6.45, 7) is 4.27. The van der Waals surface area contributed by atoms with E-state index in [9.17, 15) is 0 Å². The molecule has 3 nitrogen and oxygen atoms in total. The van der Waals surface area contributed by atoms with E-state index in [4.69, 9.17) is 0 Å². The Labute approximate surface area is 73.6 Å². The lowest BCUT2D eigenvalue weighted by molar-refractivity contribution is 0.695. The first kappa shape index (κ1) is 9.23. The molecule has 1 heterocycles. The standard InChI is InChI=1S/C9H17N3/c1-3-5-6-7-9-10-8(4-2)11-12-9/h3-7H2,1-2H3,(H,10,11,12). The molecule has 0 saturated heterocycles. The molecule has 0 saturated carbocycles. The first-order chi connectivity index (χ1) is 5.86. The maximum absolute atomic E-state index is 4.33. The van der Waals surface area contributed by atoms with Gasteiger partial charge in [-0.25, -0.2) is 4.98 Å². The lowest BCUT2D eigenvalue weighted by atomic mass is 10.2. The second kappa shape index (κ2) is 4.91. The third-order valence-corrected chi connectivity index (χ3v) is 1.91. The van der Waals surface area contributed by atoms with Crippen LogP contribution in [0, 0.1) is 0 Å². The highest BCUT2D eigenvalue weighted by Crippen LogP contribution is 2.01. The molecule has 1 N–H and O–H groups in total. The van der Waals surface area contributed by atoms with E-state index in [1.54, 1.807) is 0 Å². The molecular formula is C9H17N3. The lowest BCUT2D eigenvalue weighted by Gasteiger charge is -1.92. The van der Waals surface area contributed by atoms with E-state index in [1.165, 1.54) is 19.3 Å². The number of hydrogen-bond acceptors (Lipinski definition) is 2. The summed E-state index contributed by atoms with van der Waals surface area (Å²) in [7, 11) is 0. The van der Waals surface area contributed by atoms with E-state index in [-0.39, 0.29) is 0 Å². The Balaban J connectivity index is 2.31. The van der Waals surface area contributed by atoms with Crippen molar-refractivity contribution in [2.75, 3.05) is 0 Å². The predicted octanol–water partition coefficient (Wildman–Crippen LogP) is 2.10. The van der Waals surface area contributed by atoms with Crippen LogP contribution in [0.1, 0.15) is 44.8 Å². The summed E-state index contributed by atoms with van der Waals surface area (Å²) >= 11 is 0. The minimum absolute atomic E-state index is 0.921. The molecule has 1 rings (SSSR count). The van der Waals surface area contributed by atoms with Gasteiger partial charge in [-0.3, -0.25) is 5.10 Å². The van der Waals surface area contributed by atoms with Gasteiger partial charge in [-0.2, -0.15) is 5.10 Å². The van der Waals surface area contributed by atoms with Gasteiger partial charge in [-0.15, -0.1) is 0 Å². The molecule has 68 valence electrons. The Morgan fingerprint density at radius 2 is 2.08 bits per heavy atom. The monoisotopic (exact) mass is 167 g/mol. The summed E-state index contributed by atoms with van der Waals surface area (Å²) in [4.78, 5) is 4.33. The fourth-order valence-electron chi connectivity index (χ4n) is 1.15. The van der Waals surface area contributed by atoms with Crippen molar-refractivity contribution in [1.82, 2.24) is 15.2 Å². The van der Waals surface area contributed by atoms with Crippen molar-refractivity contribution < 1.29 is 0 Å². The third-order valence-electron chi connectivity index (χ3n) is 1.91. The van der Waals surface area contributed by atoms with E-state index in [0.29, 0.717) is 0 Å². The molecule has 0 aliphatic rings. The van der Waals surface area contributed by atoms with E-state index < -0.39 is 0 Å². The zero-order valence-corrected chi connectivity index (χ0v) is 7.93. The smallest absolute Gasteiger partial charge is 0.150 e. The number of nitrogens with one attached hydrogen (secondary N) is 1. The highest BCUT2D eigenvalue weighted by Gasteiger charge is 1.99. The van der Waals surface area contributed by atoms with Crippen LogP contribution in [0.5, 0.6) is 0 Å². The molecule has 0 aromatic carbocycles. The summed E-state index contributed by atoms with van der Waals surface area (Å²) in [5.41, 5.74) is 0. The zero-order chi connectivity index (χ0) is 8.81. The average molecular weight is 167 g/mol. The maximum Gasteiger partial charge on any atom is 0.150 e. The van der Waals surface area contributed by atoms with Crippen molar-refractivity contribution in [3.05, 3.63) is 11.6 Å². The summed E-state index contributed by atoms with van der Waals surface area (Å²) in [6, 6.07) is 0. The van der Waals surface area contributed by atoms with Crippen LogP contribution in [0.2, 0.25) is 0 Å². The molecule has 0 aliphatic heterocycles. The lowest BCUT2D eigenvalue weighted by Crippen LogP contribution is -1.88. The fraction of sp³-hybridized carbons (Fsp3) is 0.778. The minimum atomic E-state index is 0.921. The number of aromatic amines is 1. The molecule has 0 atom stereocenters. The molecule has 0 aliphatic carbocycles. The van der Waals surface area contributed by atoms with Crippen molar-refractivity contribution in [3.8, 4) is 0 Å². The molecule has 3 heteroatoms. The first-order valence-electron chi connectivity index (χ1n) is 4.77. The number of unbranched alkanes of at least 4 members (excludes halogenated alkanes) is 2. The molecular weight excluding hydrogens is 150 g/mol. The van der Waals surface area contributed by atoms with Gasteiger partial charge in [-0.05, 0) is 6.42 Å². The van der Waals surface area contributed by atoms with Gasteiger partial charge in [0.05, 0.1) is 0 Å². The Bertz CT molecular complexity index is 217. The summed E-state index contributed by atoms with van der Waals surface area (Å²) in [5.74, 6) is 1.97. The van der Waals surface area contributed by atoms with Crippen LogP contribution in [-0.4, -0.2) is 15.2 Å². The zero-order valence-electron chi connectivity index (χ0n) is 7.93. The van der Waals surface area contributed by atoms with Gasteiger partial charge in [0.2, 0.25) is 0 Å². The van der Waals surface area contributed by atoms with Crippen molar-refractivity contribution in [1.29, 1.82) is 0 Å². The molecule has 0 radical (unpaired) electrons. The second-order valence-electron chi connectivity index (χ2n) is 3.01. The Morgan fingerprint density at radius 1 is 1.25 bits per heavy atom. The number of hydrogen-bond donors (Lipinski definition) is 1. The molecule has 0 bridgehead atoms. The highest BCUT2D eigenvalue weighted by atomic mass is 15.2. The van der Waals surface area contributed by atoms with Crippen molar-refractivity contribution in [2.24, 2.45) is 0 Å². The Kier molecular flexibility index (Phi) is 3.77. The third kappa shape index (κ3) is 2.64. The van der Waals surface area contributed by atoms with Crippen LogP contribution < -0.4 is 0 Å². The van der Waals surface area contributed by atoms with Crippen molar-refractivity contribution in [3.63, 3.8) is 0 Å². The van der Waals surface area contributed by atoms with Gasteiger partial charge in [0.1, 0.15) is 11.6 Å². The van der Waals surface area contributed by atoms with Gasteiger partial charge in [0.25, 0.3) is 0 Å². The van der Waals surface area contributed by atoms with E-state index in [1.807, 2.05) is 0 Å². The van der Waals surface area contributed by atoms with Gasteiger partial charge in [0.15, 0.2) is 0 Å². The summed E-state index contributed by atoms with van der Waals surface area (Å²) < 4.78 is 0. The number of aromatic nitrogens is 3. The summed E-state index contributed by atoms with van der Waals surface area (Å²) in [5, 5.41) is 7.03. The number of aryl methyl sites for hydroxylation is 2. The maximum atomic E-state index is 4.33. The molecule has 0 unspecified atom stereocenters. The largest absolute Gasteiger partial charge is 0.263 e. The summed E-state index contributed by atoms with van der Waals surface area (Å²) in [6.07, 6.45) is 5.72. The van der Waals surface area contributed by atoms with E-state index in [0.717, 1.165) is 24.5 Å². The highest BCUT2D eigenvalue weighted by molar-refractivity contribution is 4.89. The van der Waals surface area contributed by atoms with Crippen LogP contribution in [0.15, 0.2) is 0 Å². The first-order valence-corrected chi connectivity index (χ1v) is 4.77. The number of rotatable bonds is 5. The quantitative estimate of drug-likeness (QED) is 0.682. The second-order valence-corrected chi connectivity index (χ2v) is 3.01. The van der Waals surface area contributed by atoms with Crippen LogP contribution in [0.4, 0.5) is 0 Å². The number of nitrogens with zero attached hydrogens (tertiary/aromatic N) is 2. The Morgan fingerprint density at radius 3 is 2.67 bits per heavy atom. The normalized spacial score (nSPS) is 10.5. The fourth-order valence-corrected chi connectivity index (χ4v) is 1.15. The molecule has 1 aromatic rings. The van der Waals surface area contributed by atoms with Gasteiger partial charge >= 0.3 is 0 Å². The molecule has 0 fully saturated rings. The molecule has 0 amide bonds. The van der Waals surface area contributed by atoms with E-state index in [2.05, 4.69) is 29.0 Å². The van der Waals surface area contributed by atoms with Gasteiger partial charge in [-0.1, -0.05) is 26.7 Å². The van der Waals surface area contributed by atoms with Crippen LogP contribution in [0.25, 0.3) is 0 Å². The van der Waals surface area contributed by atoms with E-state index >= 15 is 0 Å². The minimum Gasteiger partial charge on any atom is -0.263 e.